The van der Waals surface area contributed by atoms with Crippen molar-refractivity contribution in [2.45, 2.75) is 71.0 Å². The molecule has 38 heavy (non-hydrogen) atoms. The Morgan fingerprint density at radius 2 is 1.66 bits per heavy atom. The number of carbonyl (C=O) groups is 2. The van der Waals surface area contributed by atoms with Gasteiger partial charge in [-0.2, -0.15) is 0 Å². The quantitative estimate of drug-likeness (QED) is 0.401. The van der Waals surface area contributed by atoms with E-state index in [0.717, 1.165) is 48.2 Å². The Kier molecular flexibility index (Phi) is 10.8. The molecule has 1 fully saturated rings. The smallest absolute Gasteiger partial charge is 0.244 e. The lowest BCUT2D eigenvalue weighted by molar-refractivity contribution is -0.140. The molecule has 8 nitrogen and oxygen atoms in total. The molecule has 0 heterocycles. The number of hydrogen-bond acceptors (Lipinski definition) is 5. The number of halogens is 1. The van der Waals surface area contributed by atoms with Gasteiger partial charge >= 0.3 is 0 Å². The first-order chi connectivity index (χ1) is 18.1. The van der Waals surface area contributed by atoms with E-state index < -0.39 is 28.5 Å². The van der Waals surface area contributed by atoms with Crippen LogP contribution in [0, 0.1) is 0 Å². The first kappa shape index (κ1) is 29.8. The van der Waals surface area contributed by atoms with Crippen LogP contribution in [0.1, 0.15) is 57.9 Å². The van der Waals surface area contributed by atoms with Crippen LogP contribution in [0.5, 0.6) is 5.75 Å². The summed E-state index contributed by atoms with van der Waals surface area (Å²) in [6.45, 7) is 3.91. The van der Waals surface area contributed by atoms with Crippen molar-refractivity contribution in [2.24, 2.45) is 0 Å². The lowest BCUT2D eigenvalue weighted by Gasteiger charge is -2.34. The monoisotopic (exact) mass is 563 g/mol. The van der Waals surface area contributed by atoms with Gasteiger partial charge in [-0.05, 0) is 68.1 Å². The molecule has 208 valence electrons. The number of anilines is 1. The summed E-state index contributed by atoms with van der Waals surface area (Å²) in [5, 5.41) is 3.70. The van der Waals surface area contributed by atoms with Crippen LogP contribution in [0.2, 0.25) is 5.02 Å². The van der Waals surface area contributed by atoms with Gasteiger partial charge in [-0.25, -0.2) is 8.42 Å². The van der Waals surface area contributed by atoms with Crippen molar-refractivity contribution in [1.82, 2.24) is 10.2 Å². The molecule has 1 N–H and O–H groups in total. The Balaban J connectivity index is 1.89. The lowest BCUT2D eigenvalue weighted by Crippen LogP contribution is -2.53. The molecule has 2 aromatic carbocycles. The standard InChI is InChI=1S/C28H38ClN3O5S/c1-4-26(28(34)30-23-9-7-6-8-10-23)31(19-21-11-13-22(29)14-12-21)27(33)20-32(38(3,35)36)24-15-17-25(18-16-24)37-5-2/h11-18,23,26H,4-10,19-20H2,1-3H3,(H,30,34). The molecule has 3 rings (SSSR count). The number of amides is 2. The number of nitrogens with one attached hydrogen (secondary N) is 1. The van der Waals surface area contributed by atoms with Crippen molar-refractivity contribution in [3.05, 3.63) is 59.1 Å². The highest BCUT2D eigenvalue weighted by Gasteiger charge is 2.32. The van der Waals surface area contributed by atoms with Crippen molar-refractivity contribution >= 4 is 39.1 Å². The zero-order chi connectivity index (χ0) is 27.7. The van der Waals surface area contributed by atoms with Gasteiger partial charge in [-0.1, -0.05) is 49.9 Å². The molecule has 1 atom stereocenters. The number of rotatable bonds is 12. The molecule has 0 bridgehead atoms. The van der Waals surface area contributed by atoms with Gasteiger partial charge < -0.3 is 15.0 Å². The van der Waals surface area contributed by atoms with E-state index in [1.54, 1.807) is 48.5 Å². The Morgan fingerprint density at radius 1 is 1.03 bits per heavy atom. The summed E-state index contributed by atoms with van der Waals surface area (Å²) >= 11 is 6.05. The summed E-state index contributed by atoms with van der Waals surface area (Å²) in [6, 6.07) is 12.9. The van der Waals surface area contributed by atoms with Crippen molar-refractivity contribution in [3.63, 3.8) is 0 Å². The van der Waals surface area contributed by atoms with Crippen LogP contribution in [-0.4, -0.2) is 56.6 Å². The van der Waals surface area contributed by atoms with Gasteiger partial charge in [-0.15, -0.1) is 0 Å². The third kappa shape index (κ3) is 8.36. The van der Waals surface area contributed by atoms with E-state index in [1.165, 1.54) is 4.90 Å². The van der Waals surface area contributed by atoms with Gasteiger partial charge in [0.2, 0.25) is 21.8 Å². The second kappa shape index (κ2) is 13.8. The first-order valence-corrected chi connectivity index (χ1v) is 15.4. The fraction of sp³-hybridized carbons (Fsp3) is 0.500. The molecule has 0 aliphatic heterocycles. The average Bonchev–Trinajstić information content (AvgIpc) is 2.89. The maximum Gasteiger partial charge on any atom is 0.244 e. The summed E-state index contributed by atoms with van der Waals surface area (Å²) in [7, 11) is -3.80. The minimum absolute atomic E-state index is 0.0918. The van der Waals surface area contributed by atoms with Crippen LogP contribution in [0.4, 0.5) is 5.69 Å². The maximum atomic E-state index is 13.8. The van der Waals surface area contributed by atoms with E-state index in [9.17, 15) is 18.0 Å². The van der Waals surface area contributed by atoms with E-state index in [-0.39, 0.29) is 18.5 Å². The molecule has 0 saturated heterocycles. The Labute approximate surface area is 231 Å². The van der Waals surface area contributed by atoms with Crippen LogP contribution in [0.3, 0.4) is 0 Å². The van der Waals surface area contributed by atoms with E-state index in [0.29, 0.717) is 29.5 Å². The summed E-state index contributed by atoms with van der Waals surface area (Å²) in [5.74, 6) is -0.0792. The van der Waals surface area contributed by atoms with Crippen LogP contribution >= 0.6 is 11.6 Å². The van der Waals surface area contributed by atoms with Crippen LogP contribution in [0.15, 0.2) is 48.5 Å². The van der Waals surface area contributed by atoms with Crippen LogP contribution < -0.4 is 14.4 Å². The van der Waals surface area contributed by atoms with Gasteiger partial charge in [0.25, 0.3) is 0 Å². The topological polar surface area (TPSA) is 96.0 Å². The molecule has 1 saturated carbocycles. The number of nitrogens with zero attached hydrogens (tertiary/aromatic N) is 2. The number of hydrogen-bond donors (Lipinski definition) is 1. The van der Waals surface area contributed by atoms with Crippen molar-refractivity contribution in [2.75, 3.05) is 23.7 Å². The maximum absolute atomic E-state index is 13.8. The van der Waals surface area contributed by atoms with Gasteiger partial charge in [0.15, 0.2) is 0 Å². The summed E-state index contributed by atoms with van der Waals surface area (Å²) in [4.78, 5) is 28.7. The predicted octanol–water partition coefficient (Wildman–Crippen LogP) is 4.76. The van der Waals surface area contributed by atoms with E-state index in [1.807, 2.05) is 13.8 Å². The molecule has 2 amide bonds. The van der Waals surface area contributed by atoms with E-state index in [4.69, 9.17) is 16.3 Å². The zero-order valence-corrected chi connectivity index (χ0v) is 23.9. The summed E-state index contributed by atoms with van der Waals surface area (Å²) in [6.07, 6.45) is 6.60. The lowest BCUT2D eigenvalue weighted by atomic mass is 9.95. The normalized spacial score (nSPS) is 14.9. The minimum atomic E-state index is -3.80. The molecule has 2 aromatic rings. The number of sulfonamides is 1. The highest BCUT2D eigenvalue weighted by Crippen LogP contribution is 2.24. The van der Waals surface area contributed by atoms with E-state index in [2.05, 4.69) is 5.32 Å². The SMILES string of the molecule is CCOc1ccc(N(CC(=O)N(Cc2ccc(Cl)cc2)C(CC)C(=O)NC2CCCCC2)S(C)(=O)=O)cc1. The van der Waals surface area contributed by atoms with Gasteiger partial charge in [-0.3, -0.25) is 13.9 Å². The number of carbonyl (C=O) groups excluding carboxylic acids is 2. The van der Waals surface area contributed by atoms with Gasteiger partial charge in [0.1, 0.15) is 18.3 Å². The Bertz CT molecular complexity index is 1170. The predicted molar refractivity (Wildman–Crippen MR) is 151 cm³/mol. The molecule has 0 spiro atoms. The van der Waals surface area contributed by atoms with Crippen LogP contribution in [-0.2, 0) is 26.2 Å². The second-order valence-electron chi connectivity index (χ2n) is 9.61. The molecule has 0 radical (unpaired) electrons. The third-order valence-electron chi connectivity index (χ3n) is 6.72. The average molecular weight is 564 g/mol. The largest absolute Gasteiger partial charge is 0.494 e. The fourth-order valence-corrected chi connectivity index (χ4v) is 5.71. The highest BCUT2D eigenvalue weighted by atomic mass is 35.5. The molecule has 0 aromatic heterocycles. The Hall–Kier alpha value is -2.78. The molecule has 10 heteroatoms. The number of benzene rings is 2. The number of ether oxygens (including phenoxy) is 1. The molecule has 1 aliphatic carbocycles. The molecule has 1 aliphatic rings. The minimum Gasteiger partial charge on any atom is -0.494 e. The van der Waals surface area contributed by atoms with Gasteiger partial charge in [0, 0.05) is 17.6 Å². The fourth-order valence-electron chi connectivity index (χ4n) is 4.74. The van der Waals surface area contributed by atoms with Crippen molar-refractivity contribution in [1.29, 1.82) is 0 Å². The second-order valence-corrected chi connectivity index (χ2v) is 12.0. The molecular weight excluding hydrogens is 526 g/mol. The molecule has 1 unspecified atom stereocenters. The summed E-state index contributed by atoms with van der Waals surface area (Å²) < 4.78 is 32.0. The third-order valence-corrected chi connectivity index (χ3v) is 8.11. The van der Waals surface area contributed by atoms with E-state index >= 15 is 0 Å². The van der Waals surface area contributed by atoms with Crippen LogP contribution in [0.25, 0.3) is 0 Å². The molecular formula is C28H38ClN3O5S. The highest BCUT2D eigenvalue weighted by molar-refractivity contribution is 7.92. The van der Waals surface area contributed by atoms with Crippen molar-refractivity contribution in [3.8, 4) is 5.75 Å². The summed E-state index contributed by atoms with van der Waals surface area (Å²) in [5.41, 5.74) is 1.13. The van der Waals surface area contributed by atoms with Crippen molar-refractivity contribution < 1.29 is 22.7 Å². The zero-order valence-electron chi connectivity index (χ0n) is 22.4. The first-order valence-electron chi connectivity index (χ1n) is 13.2. The van der Waals surface area contributed by atoms with Gasteiger partial charge in [0.05, 0.1) is 18.6 Å². The Morgan fingerprint density at radius 3 is 2.21 bits per heavy atom.